The van der Waals surface area contributed by atoms with Crippen LogP contribution in [0.2, 0.25) is 0 Å². The molecule has 4 heteroatoms. The minimum Gasteiger partial charge on any atom is -0.374 e. The molecule has 0 spiro atoms. The number of fused-ring (bicyclic) bond motifs is 1. The van der Waals surface area contributed by atoms with Crippen LogP contribution in [0.4, 0.5) is 0 Å². The van der Waals surface area contributed by atoms with Crippen molar-refractivity contribution in [2.75, 3.05) is 19.8 Å². The second-order valence-corrected chi connectivity index (χ2v) is 6.25. The highest BCUT2D eigenvalue weighted by Gasteiger charge is 2.44. The topological polar surface area (TPSA) is 21.7 Å². The van der Waals surface area contributed by atoms with Crippen LogP contribution in [0.15, 0.2) is 30.2 Å². The van der Waals surface area contributed by atoms with E-state index in [1.807, 2.05) is 17.4 Å². The second-order valence-electron chi connectivity index (χ2n) is 5.21. The number of likely N-dealkylation sites (tertiary alicyclic amines) is 1. The molecule has 2 saturated heterocycles. The Bertz CT molecular complexity index is 406. The minimum absolute atomic E-state index is 0.197. The van der Waals surface area contributed by atoms with Crippen LogP contribution in [0, 0.1) is 0 Å². The number of thiophene rings is 1. The van der Waals surface area contributed by atoms with Crippen molar-refractivity contribution in [1.82, 2.24) is 4.90 Å². The average Bonchev–Trinajstić information content (AvgIpc) is 3.06. The van der Waals surface area contributed by atoms with Gasteiger partial charge in [0.05, 0.1) is 12.7 Å². The Balaban J connectivity index is 1.68. The largest absolute Gasteiger partial charge is 0.374 e. The van der Waals surface area contributed by atoms with Crippen LogP contribution in [0.1, 0.15) is 17.7 Å². The van der Waals surface area contributed by atoms with Gasteiger partial charge in [0.1, 0.15) is 6.10 Å². The van der Waals surface area contributed by atoms with E-state index in [4.69, 9.17) is 9.47 Å². The van der Waals surface area contributed by atoms with Crippen molar-refractivity contribution >= 4 is 11.3 Å². The zero-order chi connectivity index (χ0) is 13.1. The molecule has 1 aromatic heterocycles. The lowest BCUT2D eigenvalue weighted by Crippen LogP contribution is -2.41. The highest BCUT2D eigenvalue weighted by Crippen LogP contribution is 2.32. The molecule has 0 N–H and O–H groups in total. The Kier molecular flexibility index (Phi) is 4.33. The third-order valence-electron chi connectivity index (χ3n) is 3.95. The van der Waals surface area contributed by atoms with Gasteiger partial charge in [-0.2, -0.15) is 0 Å². The second kappa shape index (κ2) is 6.18. The molecule has 0 bridgehead atoms. The van der Waals surface area contributed by atoms with E-state index in [0.29, 0.717) is 12.6 Å². The SMILES string of the molecule is C=CCO[C@@H]1CN(Cc2cccs2)[C@H]2CCCO[C@@H]12. The maximum atomic E-state index is 5.96. The van der Waals surface area contributed by atoms with E-state index < -0.39 is 0 Å². The molecular weight excluding hydrogens is 258 g/mol. The Labute approximate surface area is 118 Å². The molecule has 0 saturated carbocycles. The van der Waals surface area contributed by atoms with Gasteiger partial charge >= 0.3 is 0 Å². The van der Waals surface area contributed by atoms with E-state index in [0.717, 1.165) is 26.1 Å². The number of nitrogens with zero attached hydrogens (tertiary/aromatic N) is 1. The summed E-state index contributed by atoms with van der Waals surface area (Å²) < 4.78 is 11.9. The van der Waals surface area contributed by atoms with Crippen LogP contribution in [-0.4, -0.2) is 42.9 Å². The molecule has 0 aromatic carbocycles. The number of rotatable bonds is 5. The lowest BCUT2D eigenvalue weighted by molar-refractivity contribution is -0.0720. The van der Waals surface area contributed by atoms with Crippen molar-refractivity contribution in [3.05, 3.63) is 35.0 Å². The van der Waals surface area contributed by atoms with Crippen molar-refractivity contribution in [2.24, 2.45) is 0 Å². The van der Waals surface area contributed by atoms with Gasteiger partial charge in [0.25, 0.3) is 0 Å². The van der Waals surface area contributed by atoms with E-state index in [1.165, 1.54) is 11.3 Å². The lowest BCUT2D eigenvalue weighted by Gasteiger charge is -2.32. The van der Waals surface area contributed by atoms with E-state index in [2.05, 4.69) is 29.0 Å². The molecule has 3 atom stereocenters. The molecule has 104 valence electrons. The maximum absolute atomic E-state index is 5.96. The quantitative estimate of drug-likeness (QED) is 0.774. The summed E-state index contributed by atoms with van der Waals surface area (Å²) in [6.45, 7) is 7.22. The number of hydrogen-bond acceptors (Lipinski definition) is 4. The van der Waals surface area contributed by atoms with Crippen LogP contribution in [0.3, 0.4) is 0 Å². The summed E-state index contributed by atoms with van der Waals surface area (Å²) >= 11 is 1.83. The fourth-order valence-electron chi connectivity index (χ4n) is 3.13. The van der Waals surface area contributed by atoms with Crippen LogP contribution in [0.25, 0.3) is 0 Å². The highest BCUT2D eigenvalue weighted by molar-refractivity contribution is 7.09. The van der Waals surface area contributed by atoms with E-state index >= 15 is 0 Å². The fraction of sp³-hybridized carbons (Fsp3) is 0.600. The van der Waals surface area contributed by atoms with Gasteiger partial charge < -0.3 is 9.47 Å². The van der Waals surface area contributed by atoms with Crippen molar-refractivity contribution in [2.45, 2.75) is 37.6 Å². The average molecular weight is 279 g/mol. The first-order chi connectivity index (χ1) is 9.38. The number of hydrogen-bond donors (Lipinski definition) is 0. The molecule has 2 fully saturated rings. The molecule has 2 aliphatic heterocycles. The van der Waals surface area contributed by atoms with Gasteiger partial charge in [0, 0.05) is 30.6 Å². The standard InChI is InChI=1S/C15H21NO2S/c1-2-7-17-14-11-16(10-12-5-4-9-19-12)13-6-3-8-18-15(13)14/h2,4-5,9,13-15H,1,3,6-8,10-11H2/t13-,14+,15+/m0/s1. The molecule has 19 heavy (non-hydrogen) atoms. The van der Waals surface area contributed by atoms with Gasteiger partial charge in [-0.15, -0.1) is 17.9 Å². The van der Waals surface area contributed by atoms with Crippen molar-refractivity contribution < 1.29 is 9.47 Å². The Hall–Kier alpha value is -0.680. The third kappa shape index (κ3) is 2.92. The number of ether oxygens (including phenoxy) is 2. The molecule has 2 aliphatic rings. The van der Waals surface area contributed by atoms with Crippen molar-refractivity contribution in [1.29, 1.82) is 0 Å². The Morgan fingerprint density at radius 3 is 3.32 bits per heavy atom. The van der Waals surface area contributed by atoms with Gasteiger partial charge in [0.2, 0.25) is 0 Å². The van der Waals surface area contributed by atoms with Crippen LogP contribution < -0.4 is 0 Å². The monoisotopic (exact) mass is 279 g/mol. The summed E-state index contributed by atoms with van der Waals surface area (Å²) in [6, 6.07) is 4.85. The van der Waals surface area contributed by atoms with Gasteiger partial charge in [-0.25, -0.2) is 0 Å². The molecule has 0 amide bonds. The first-order valence-electron chi connectivity index (χ1n) is 6.99. The highest BCUT2D eigenvalue weighted by atomic mass is 32.1. The maximum Gasteiger partial charge on any atom is 0.100 e. The van der Waals surface area contributed by atoms with Crippen LogP contribution >= 0.6 is 11.3 Å². The van der Waals surface area contributed by atoms with E-state index in [9.17, 15) is 0 Å². The molecule has 3 rings (SSSR count). The van der Waals surface area contributed by atoms with Crippen molar-refractivity contribution in [3.63, 3.8) is 0 Å². The van der Waals surface area contributed by atoms with Gasteiger partial charge in [-0.3, -0.25) is 4.90 Å². The summed E-state index contributed by atoms with van der Waals surface area (Å²) in [5, 5.41) is 2.14. The first-order valence-corrected chi connectivity index (χ1v) is 7.87. The summed E-state index contributed by atoms with van der Waals surface area (Å²) in [6.07, 6.45) is 4.65. The molecule has 0 radical (unpaired) electrons. The van der Waals surface area contributed by atoms with E-state index in [1.54, 1.807) is 0 Å². The van der Waals surface area contributed by atoms with Gasteiger partial charge in [-0.1, -0.05) is 12.1 Å². The predicted octanol–water partition coefficient (Wildman–Crippen LogP) is 2.68. The third-order valence-corrected chi connectivity index (χ3v) is 4.81. The Morgan fingerprint density at radius 1 is 1.58 bits per heavy atom. The normalized spacial score (nSPS) is 31.3. The predicted molar refractivity (Wildman–Crippen MR) is 77.4 cm³/mol. The minimum atomic E-state index is 0.197. The zero-order valence-electron chi connectivity index (χ0n) is 11.2. The lowest BCUT2D eigenvalue weighted by atomic mass is 10.0. The Morgan fingerprint density at radius 2 is 2.53 bits per heavy atom. The van der Waals surface area contributed by atoms with Gasteiger partial charge in [0.15, 0.2) is 0 Å². The van der Waals surface area contributed by atoms with Crippen molar-refractivity contribution in [3.8, 4) is 0 Å². The molecule has 0 aliphatic carbocycles. The van der Waals surface area contributed by atoms with E-state index in [-0.39, 0.29) is 12.2 Å². The zero-order valence-corrected chi connectivity index (χ0v) is 12.0. The summed E-state index contributed by atoms with van der Waals surface area (Å²) in [5.41, 5.74) is 0. The summed E-state index contributed by atoms with van der Waals surface area (Å²) in [4.78, 5) is 3.96. The fourth-order valence-corrected chi connectivity index (χ4v) is 3.86. The van der Waals surface area contributed by atoms with Gasteiger partial charge in [-0.05, 0) is 24.3 Å². The molecule has 3 heterocycles. The molecular formula is C15H21NO2S. The first kappa shape index (κ1) is 13.3. The molecule has 3 nitrogen and oxygen atoms in total. The molecule has 0 unspecified atom stereocenters. The smallest absolute Gasteiger partial charge is 0.100 e. The summed E-state index contributed by atoms with van der Waals surface area (Å²) in [7, 11) is 0. The van der Waals surface area contributed by atoms with Crippen LogP contribution in [0.5, 0.6) is 0 Å². The summed E-state index contributed by atoms with van der Waals surface area (Å²) in [5.74, 6) is 0. The molecule has 1 aromatic rings. The van der Waals surface area contributed by atoms with Crippen LogP contribution in [-0.2, 0) is 16.0 Å².